The Labute approximate surface area is 110 Å². The van der Waals surface area contributed by atoms with Crippen LogP contribution in [-0.2, 0) is 6.54 Å². The third kappa shape index (κ3) is 3.18. The van der Waals surface area contributed by atoms with Gasteiger partial charge in [-0.2, -0.15) is 0 Å². The number of terminal acetylenes is 1. The minimum absolute atomic E-state index is 0.236. The minimum Gasteiger partial charge on any atom is -0.329 e. The Balaban J connectivity index is 2.09. The van der Waals surface area contributed by atoms with Gasteiger partial charge >= 0.3 is 0 Å². The number of aromatic nitrogens is 3. The molecule has 1 aromatic heterocycles. The predicted molar refractivity (Wildman–Crippen MR) is 71.4 cm³/mol. The number of benzene rings is 1. The van der Waals surface area contributed by atoms with E-state index in [-0.39, 0.29) is 11.6 Å². The van der Waals surface area contributed by atoms with Gasteiger partial charge in [-0.3, -0.25) is 9.48 Å². The van der Waals surface area contributed by atoms with Crippen molar-refractivity contribution in [1.82, 2.24) is 15.0 Å². The second kappa shape index (κ2) is 5.80. The smallest absolute Gasteiger partial charge is 0.277 e. The molecule has 0 saturated heterocycles. The van der Waals surface area contributed by atoms with Crippen LogP contribution in [0, 0.1) is 12.3 Å². The molecule has 0 fully saturated rings. The van der Waals surface area contributed by atoms with Gasteiger partial charge in [0.25, 0.3) is 5.91 Å². The molecular formula is C13H13N5O. The lowest BCUT2D eigenvalue weighted by Crippen LogP contribution is -2.13. The molecule has 0 atom stereocenters. The number of nitrogens with one attached hydrogen (secondary N) is 1. The van der Waals surface area contributed by atoms with Crippen molar-refractivity contribution in [1.29, 1.82) is 0 Å². The van der Waals surface area contributed by atoms with E-state index in [1.54, 1.807) is 30.5 Å². The van der Waals surface area contributed by atoms with Crippen LogP contribution in [0.2, 0.25) is 0 Å². The minimum atomic E-state index is -0.336. The second-order valence-electron chi connectivity index (χ2n) is 3.83. The molecule has 1 aromatic carbocycles. The largest absolute Gasteiger partial charge is 0.329 e. The third-order valence-electron chi connectivity index (χ3n) is 2.42. The fourth-order valence-electron chi connectivity index (χ4n) is 1.53. The Morgan fingerprint density at radius 2 is 2.37 bits per heavy atom. The number of rotatable bonds is 4. The van der Waals surface area contributed by atoms with E-state index >= 15 is 0 Å². The molecule has 0 radical (unpaired) electrons. The molecule has 0 aliphatic heterocycles. The lowest BCUT2D eigenvalue weighted by atomic mass is 10.2. The summed E-state index contributed by atoms with van der Waals surface area (Å²) in [5.74, 6) is 2.17. The molecular weight excluding hydrogens is 242 g/mol. The number of nitrogens with zero attached hydrogens (tertiary/aromatic N) is 3. The van der Waals surface area contributed by atoms with Gasteiger partial charge in [-0.05, 0) is 18.2 Å². The summed E-state index contributed by atoms with van der Waals surface area (Å²) >= 11 is 0. The van der Waals surface area contributed by atoms with E-state index in [1.165, 1.54) is 4.68 Å². The van der Waals surface area contributed by atoms with E-state index in [1.807, 2.05) is 0 Å². The van der Waals surface area contributed by atoms with Crippen molar-refractivity contribution >= 4 is 11.6 Å². The van der Waals surface area contributed by atoms with Crippen molar-refractivity contribution in [2.45, 2.75) is 6.54 Å². The number of carbonyl (C=O) groups excluding carboxylic acids is 1. The maximum atomic E-state index is 11.9. The molecule has 3 N–H and O–H groups in total. The molecule has 0 unspecified atom stereocenters. The van der Waals surface area contributed by atoms with Gasteiger partial charge in [-0.25, -0.2) is 0 Å². The molecule has 2 rings (SSSR count). The first-order valence-electron chi connectivity index (χ1n) is 5.71. The van der Waals surface area contributed by atoms with Crippen molar-refractivity contribution in [3.05, 3.63) is 41.7 Å². The second-order valence-corrected chi connectivity index (χ2v) is 3.83. The number of hydrogen-bond donors (Lipinski definition) is 2. The van der Waals surface area contributed by atoms with Gasteiger partial charge in [0.1, 0.15) is 0 Å². The Bertz CT molecular complexity index is 626. The Morgan fingerprint density at radius 1 is 1.53 bits per heavy atom. The highest BCUT2D eigenvalue weighted by Gasteiger charge is 2.10. The zero-order chi connectivity index (χ0) is 13.7. The lowest BCUT2D eigenvalue weighted by molar-refractivity contribution is 0.102. The Hall–Kier alpha value is -2.65. The number of anilines is 1. The molecule has 96 valence electrons. The van der Waals surface area contributed by atoms with Gasteiger partial charge in [0.05, 0.1) is 12.7 Å². The average molecular weight is 255 g/mol. The molecule has 0 aliphatic rings. The predicted octanol–water partition coefficient (Wildman–Crippen LogP) is 0.470. The molecule has 19 heavy (non-hydrogen) atoms. The summed E-state index contributed by atoms with van der Waals surface area (Å²) in [4.78, 5) is 11.9. The van der Waals surface area contributed by atoms with Gasteiger partial charge in [0.2, 0.25) is 0 Å². The summed E-state index contributed by atoms with van der Waals surface area (Å²) in [5.41, 5.74) is 6.95. The fraction of sp³-hybridized carbons (Fsp3) is 0.154. The molecule has 6 heteroatoms. The first-order valence-corrected chi connectivity index (χ1v) is 5.71. The monoisotopic (exact) mass is 255 g/mol. The molecule has 0 spiro atoms. The van der Waals surface area contributed by atoms with Crippen LogP contribution in [0.5, 0.6) is 0 Å². The maximum absolute atomic E-state index is 11.9. The van der Waals surface area contributed by atoms with E-state index < -0.39 is 0 Å². The number of nitrogens with two attached hydrogens (primary N) is 1. The van der Waals surface area contributed by atoms with Gasteiger partial charge in [0, 0.05) is 17.8 Å². The average Bonchev–Trinajstić information content (AvgIpc) is 2.88. The summed E-state index contributed by atoms with van der Waals surface area (Å²) in [6.45, 7) is 0.960. The van der Waals surface area contributed by atoms with Crippen LogP contribution in [0.15, 0.2) is 30.5 Å². The van der Waals surface area contributed by atoms with Crippen molar-refractivity contribution < 1.29 is 4.79 Å². The zero-order valence-corrected chi connectivity index (χ0v) is 10.2. The van der Waals surface area contributed by atoms with Crippen LogP contribution in [-0.4, -0.2) is 27.4 Å². The van der Waals surface area contributed by atoms with Crippen molar-refractivity contribution in [3.63, 3.8) is 0 Å². The number of carbonyl (C=O) groups is 1. The number of amides is 1. The third-order valence-corrected chi connectivity index (χ3v) is 2.42. The molecule has 1 amide bonds. The molecule has 0 saturated carbocycles. The number of hydrogen-bond acceptors (Lipinski definition) is 4. The summed E-state index contributed by atoms with van der Waals surface area (Å²) < 4.78 is 1.52. The summed E-state index contributed by atoms with van der Waals surface area (Å²) in [6, 6.07) is 7.02. The van der Waals surface area contributed by atoms with Gasteiger partial charge in [-0.15, -0.1) is 11.5 Å². The maximum Gasteiger partial charge on any atom is 0.277 e. The van der Waals surface area contributed by atoms with Gasteiger partial charge in [0.15, 0.2) is 5.69 Å². The van der Waals surface area contributed by atoms with Crippen LogP contribution < -0.4 is 11.1 Å². The first kappa shape index (κ1) is 12.8. The fourth-order valence-corrected chi connectivity index (χ4v) is 1.53. The highest BCUT2D eigenvalue weighted by Crippen LogP contribution is 2.10. The van der Waals surface area contributed by atoms with Crippen LogP contribution in [0.3, 0.4) is 0 Å². The lowest BCUT2D eigenvalue weighted by Gasteiger charge is -2.02. The van der Waals surface area contributed by atoms with E-state index in [0.29, 0.717) is 24.3 Å². The van der Waals surface area contributed by atoms with E-state index in [0.717, 1.165) is 0 Å². The first-order chi connectivity index (χ1) is 9.22. The quantitative estimate of drug-likeness (QED) is 0.778. The van der Waals surface area contributed by atoms with Crippen molar-refractivity contribution in [3.8, 4) is 12.3 Å². The molecule has 0 bridgehead atoms. The SMILES string of the molecule is C#Cc1cccc(NC(=O)c2cn(CCN)nn2)c1. The zero-order valence-electron chi connectivity index (χ0n) is 10.2. The van der Waals surface area contributed by atoms with E-state index in [4.69, 9.17) is 12.2 Å². The van der Waals surface area contributed by atoms with Crippen LogP contribution >= 0.6 is 0 Å². The summed E-state index contributed by atoms with van der Waals surface area (Å²) in [5, 5.41) is 10.3. The highest BCUT2D eigenvalue weighted by molar-refractivity contribution is 6.02. The molecule has 1 heterocycles. The molecule has 6 nitrogen and oxygen atoms in total. The van der Waals surface area contributed by atoms with Crippen LogP contribution in [0.4, 0.5) is 5.69 Å². The standard InChI is InChI=1S/C13H13N5O/c1-2-10-4-3-5-11(8-10)15-13(19)12-9-18(7-6-14)17-16-12/h1,3-5,8-9H,6-7,14H2,(H,15,19). The van der Waals surface area contributed by atoms with Crippen LogP contribution in [0.25, 0.3) is 0 Å². The normalized spacial score (nSPS) is 9.89. The molecule has 0 aliphatic carbocycles. The Morgan fingerprint density at radius 3 is 3.11 bits per heavy atom. The highest BCUT2D eigenvalue weighted by atomic mass is 16.2. The summed E-state index contributed by atoms with van der Waals surface area (Å²) in [6.07, 6.45) is 6.85. The Kier molecular flexibility index (Phi) is 3.90. The van der Waals surface area contributed by atoms with Crippen molar-refractivity contribution in [2.75, 3.05) is 11.9 Å². The van der Waals surface area contributed by atoms with Crippen molar-refractivity contribution in [2.24, 2.45) is 5.73 Å². The van der Waals surface area contributed by atoms with E-state index in [2.05, 4.69) is 21.5 Å². The van der Waals surface area contributed by atoms with Gasteiger partial charge in [-0.1, -0.05) is 17.2 Å². The van der Waals surface area contributed by atoms with Crippen LogP contribution in [0.1, 0.15) is 16.1 Å². The van der Waals surface area contributed by atoms with E-state index in [9.17, 15) is 4.79 Å². The summed E-state index contributed by atoms with van der Waals surface area (Å²) in [7, 11) is 0. The molecule has 2 aromatic rings. The topological polar surface area (TPSA) is 85.8 Å². The van der Waals surface area contributed by atoms with Gasteiger partial charge < -0.3 is 11.1 Å².